The Hall–Kier alpha value is -1.96. The minimum Gasteiger partial charge on any atom is -0.492 e. The van der Waals surface area contributed by atoms with E-state index in [-0.39, 0.29) is 6.04 Å². The Morgan fingerprint density at radius 1 is 1.00 bits per heavy atom. The number of benzene rings is 2. The fourth-order valence-electron chi connectivity index (χ4n) is 2.45. The molecule has 2 heteroatoms. The van der Waals surface area contributed by atoms with E-state index in [9.17, 15) is 0 Å². The number of rotatable bonds is 7. The number of hydrogen-bond donors (Lipinski definition) is 1. The van der Waals surface area contributed by atoms with Crippen molar-refractivity contribution in [2.45, 2.75) is 39.7 Å². The quantitative estimate of drug-likeness (QED) is 0.753. The Kier molecular flexibility index (Phi) is 5.68. The first kappa shape index (κ1) is 15.4. The lowest BCUT2D eigenvalue weighted by molar-refractivity contribution is 0.341. The molecule has 0 fully saturated rings. The smallest absolute Gasteiger partial charge is 0.142 e. The molecule has 0 amide bonds. The molecule has 1 N–H and O–H groups in total. The van der Waals surface area contributed by atoms with Gasteiger partial charge in [-0.2, -0.15) is 0 Å². The highest BCUT2D eigenvalue weighted by atomic mass is 16.5. The molecular formula is C19H25NO. The summed E-state index contributed by atoms with van der Waals surface area (Å²) in [5.41, 5.74) is 3.74. The molecule has 2 nitrogen and oxygen atoms in total. The summed E-state index contributed by atoms with van der Waals surface area (Å²) < 4.78 is 5.66. The molecule has 0 spiro atoms. The van der Waals surface area contributed by atoms with Crippen LogP contribution in [0, 0.1) is 0 Å². The lowest BCUT2D eigenvalue weighted by Crippen LogP contribution is -2.08. The minimum atomic E-state index is 0.252. The molecule has 112 valence electrons. The molecule has 0 radical (unpaired) electrons. The average Bonchev–Trinajstić information content (AvgIpc) is 2.50. The number of aryl methyl sites for hydroxylation is 1. The standard InChI is InChI=1S/C19H25NO/c1-4-8-16-11-13-17(14-12-16)15(3)20-18-9-6-7-10-19(18)21-5-2/h6-7,9-15,20H,4-5,8H2,1-3H3. The van der Waals surface area contributed by atoms with Gasteiger partial charge in [0.1, 0.15) is 5.75 Å². The van der Waals surface area contributed by atoms with Crippen LogP contribution in [0.2, 0.25) is 0 Å². The Morgan fingerprint density at radius 2 is 1.71 bits per heavy atom. The van der Waals surface area contributed by atoms with Gasteiger partial charge in [0, 0.05) is 6.04 Å². The van der Waals surface area contributed by atoms with Gasteiger partial charge in [0.05, 0.1) is 12.3 Å². The molecule has 0 aliphatic carbocycles. The van der Waals surface area contributed by atoms with Crippen molar-refractivity contribution < 1.29 is 4.74 Å². The predicted octanol–water partition coefficient (Wildman–Crippen LogP) is 5.21. The molecule has 1 atom stereocenters. The van der Waals surface area contributed by atoms with E-state index in [1.807, 2.05) is 25.1 Å². The third-order valence-electron chi connectivity index (χ3n) is 3.58. The van der Waals surface area contributed by atoms with Gasteiger partial charge in [-0.15, -0.1) is 0 Å². The summed E-state index contributed by atoms with van der Waals surface area (Å²) in [5.74, 6) is 0.912. The molecule has 0 saturated heterocycles. The molecule has 0 aliphatic heterocycles. The van der Waals surface area contributed by atoms with E-state index in [0.29, 0.717) is 6.61 Å². The highest BCUT2D eigenvalue weighted by molar-refractivity contribution is 5.57. The topological polar surface area (TPSA) is 21.3 Å². The molecule has 0 aliphatic rings. The monoisotopic (exact) mass is 283 g/mol. The van der Waals surface area contributed by atoms with Crippen molar-refractivity contribution in [2.24, 2.45) is 0 Å². The van der Waals surface area contributed by atoms with Crippen LogP contribution in [0.3, 0.4) is 0 Å². The van der Waals surface area contributed by atoms with Gasteiger partial charge in [0.15, 0.2) is 0 Å². The van der Waals surface area contributed by atoms with Gasteiger partial charge in [-0.25, -0.2) is 0 Å². The van der Waals surface area contributed by atoms with Gasteiger partial charge in [0.2, 0.25) is 0 Å². The van der Waals surface area contributed by atoms with Crippen LogP contribution < -0.4 is 10.1 Å². The lowest BCUT2D eigenvalue weighted by atomic mass is 10.0. The van der Waals surface area contributed by atoms with E-state index in [0.717, 1.165) is 17.9 Å². The summed E-state index contributed by atoms with van der Waals surface area (Å²) in [5, 5.41) is 3.54. The Balaban J connectivity index is 2.08. The Labute approximate surface area is 128 Å². The fourth-order valence-corrected chi connectivity index (χ4v) is 2.45. The van der Waals surface area contributed by atoms with Crippen molar-refractivity contribution in [3.05, 3.63) is 59.7 Å². The third kappa shape index (κ3) is 4.25. The Morgan fingerprint density at radius 3 is 2.38 bits per heavy atom. The van der Waals surface area contributed by atoms with Gasteiger partial charge < -0.3 is 10.1 Å². The highest BCUT2D eigenvalue weighted by Gasteiger charge is 2.08. The molecule has 2 rings (SSSR count). The number of hydrogen-bond acceptors (Lipinski definition) is 2. The molecule has 0 saturated carbocycles. The van der Waals surface area contributed by atoms with Gasteiger partial charge in [-0.3, -0.25) is 0 Å². The molecular weight excluding hydrogens is 258 g/mol. The maximum Gasteiger partial charge on any atom is 0.142 e. The number of ether oxygens (including phenoxy) is 1. The van der Waals surface area contributed by atoms with Crippen LogP contribution in [0.1, 0.15) is 44.4 Å². The van der Waals surface area contributed by atoms with Crippen LogP contribution >= 0.6 is 0 Å². The van der Waals surface area contributed by atoms with Crippen molar-refractivity contribution in [3.63, 3.8) is 0 Å². The number of anilines is 1. The summed E-state index contributed by atoms with van der Waals surface area (Å²) in [6.07, 6.45) is 2.34. The maximum atomic E-state index is 5.66. The second kappa shape index (κ2) is 7.72. The summed E-state index contributed by atoms with van der Waals surface area (Å²) in [6.45, 7) is 7.08. The number of para-hydroxylation sites is 2. The van der Waals surface area contributed by atoms with Crippen LogP contribution in [0.25, 0.3) is 0 Å². The fraction of sp³-hybridized carbons (Fsp3) is 0.368. The van der Waals surface area contributed by atoms with Gasteiger partial charge in [-0.05, 0) is 43.5 Å². The van der Waals surface area contributed by atoms with E-state index < -0.39 is 0 Å². The van der Waals surface area contributed by atoms with Crippen molar-refractivity contribution >= 4 is 5.69 Å². The Bertz CT molecular complexity index is 548. The molecule has 0 bridgehead atoms. The van der Waals surface area contributed by atoms with Gasteiger partial charge in [0.25, 0.3) is 0 Å². The first-order chi connectivity index (χ1) is 10.2. The van der Waals surface area contributed by atoms with Crippen molar-refractivity contribution in [3.8, 4) is 5.75 Å². The zero-order valence-corrected chi connectivity index (χ0v) is 13.2. The average molecular weight is 283 g/mol. The van der Waals surface area contributed by atoms with Crippen molar-refractivity contribution in [1.29, 1.82) is 0 Å². The SMILES string of the molecule is CCCc1ccc(C(C)Nc2ccccc2OCC)cc1. The zero-order chi connectivity index (χ0) is 15.1. The third-order valence-corrected chi connectivity index (χ3v) is 3.58. The van der Waals surface area contributed by atoms with E-state index >= 15 is 0 Å². The minimum absolute atomic E-state index is 0.252. The van der Waals surface area contributed by atoms with Crippen LogP contribution in [-0.2, 0) is 6.42 Å². The van der Waals surface area contributed by atoms with Crippen LogP contribution in [-0.4, -0.2) is 6.61 Å². The molecule has 21 heavy (non-hydrogen) atoms. The summed E-state index contributed by atoms with van der Waals surface area (Å²) in [6, 6.07) is 17.2. The molecule has 0 heterocycles. The van der Waals surface area contributed by atoms with Crippen molar-refractivity contribution in [1.82, 2.24) is 0 Å². The summed E-state index contributed by atoms with van der Waals surface area (Å²) in [4.78, 5) is 0. The maximum absolute atomic E-state index is 5.66. The second-order valence-corrected chi connectivity index (χ2v) is 5.29. The first-order valence-electron chi connectivity index (χ1n) is 7.81. The molecule has 2 aromatic carbocycles. The summed E-state index contributed by atoms with van der Waals surface area (Å²) >= 11 is 0. The number of nitrogens with one attached hydrogen (secondary N) is 1. The summed E-state index contributed by atoms with van der Waals surface area (Å²) in [7, 11) is 0. The predicted molar refractivity (Wildman–Crippen MR) is 90.1 cm³/mol. The molecule has 2 aromatic rings. The van der Waals surface area contributed by atoms with E-state index in [1.54, 1.807) is 0 Å². The van der Waals surface area contributed by atoms with Crippen LogP contribution in [0.5, 0.6) is 5.75 Å². The van der Waals surface area contributed by atoms with Gasteiger partial charge >= 0.3 is 0 Å². The molecule has 0 aromatic heterocycles. The van der Waals surface area contributed by atoms with Crippen molar-refractivity contribution in [2.75, 3.05) is 11.9 Å². The first-order valence-corrected chi connectivity index (χ1v) is 7.81. The van der Waals surface area contributed by atoms with E-state index in [2.05, 4.69) is 49.5 Å². The molecule has 1 unspecified atom stereocenters. The largest absolute Gasteiger partial charge is 0.492 e. The van der Waals surface area contributed by atoms with E-state index in [1.165, 1.54) is 17.5 Å². The van der Waals surface area contributed by atoms with Crippen LogP contribution in [0.4, 0.5) is 5.69 Å². The zero-order valence-electron chi connectivity index (χ0n) is 13.2. The van der Waals surface area contributed by atoms with Gasteiger partial charge in [-0.1, -0.05) is 49.7 Å². The van der Waals surface area contributed by atoms with Crippen LogP contribution in [0.15, 0.2) is 48.5 Å². The second-order valence-electron chi connectivity index (χ2n) is 5.29. The highest BCUT2D eigenvalue weighted by Crippen LogP contribution is 2.28. The lowest BCUT2D eigenvalue weighted by Gasteiger charge is -2.18. The van der Waals surface area contributed by atoms with E-state index in [4.69, 9.17) is 4.74 Å². The normalized spacial score (nSPS) is 12.0.